The summed E-state index contributed by atoms with van der Waals surface area (Å²) in [5, 5.41) is 12.1. The highest BCUT2D eigenvalue weighted by molar-refractivity contribution is 6.30. The van der Waals surface area contributed by atoms with Crippen LogP contribution >= 0.6 is 11.6 Å². The normalized spacial score (nSPS) is 11.7. The zero-order valence-electron chi connectivity index (χ0n) is 11.9. The van der Waals surface area contributed by atoms with E-state index in [9.17, 15) is 10.1 Å². The van der Waals surface area contributed by atoms with Crippen LogP contribution in [-0.2, 0) is 4.79 Å². The molecule has 1 N–H and O–H groups in total. The van der Waals surface area contributed by atoms with Crippen LogP contribution in [0, 0.1) is 11.3 Å². The molecule has 1 heterocycles. The lowest BCUT2D eigenvalue weighted by Crippen LogP contribution is -2.21. The van der Waals surface area contributed by atoms with Gasteiger partial charge in [0.25, 0.3) is 0 Å². The molecule has 112 valence electrons. The average molecular weight is 323 g/mol. The molecule has 1 amide bonds. The minimum absolute atomic E-state index is 0.0541. The van der Waals surface area contributed by atoms with Crippen molar-refractivity contribution < 1.29 is 4.79 Å². The molecule has 0 bridgehead atoms. The van der Waals surface area contributed by atoms with Crippen LogP contribution in [0.2, 0.25) is 5.15 Å². The number of rotatable bonds is 3. The monoisotopic (exact) mass is 322 g/mol. The molecule has 5 nitrogen and oxygen atoms in total. The summed E-state index contributed by atoms with van der Waals surface area (Å²) in [6.07, 6.45) is 0. The predicted molar refractivity (Wildman–Crippen MR) is 88.0 cm³/mol. The molecule has 0 aliphatic heterocycles. The summed E-state index contributed by atoms with van der Waals surface area (Å²) in [5.41, 5.74) is 1.95. The third kappa shape index (κ3) is 3.12. The Morgan fingerprint density at radius 2 is 1.65 bits per heavy atom. The molecule has 0 saturated heterocycles. The molecule has 3 aromatic rings. The Hall–Kier alpha value is -2.97. The van der Waals surface area contributed by atoms with E-state index >= 15 is 0 Å². The molecule has 0 fully saturated rings. The maximum absolute atomic E-state index is 12.4. The van der Waals surface area contributed by atoms with Crippen molar-refractivity contribution in [2.45, 2.75) is 5.92 Å². The van der Waals surface area contributed by atoms with Gasteiger partial charge in [0, 0.05) is 5.69 Å². The van der Waals surface area contributed by atoms with Gasteiger partial charge in [-0.2, -0.15) is 5.26 Å². The van der Waals surface area contributed by atoms with Crippen molar-refractivity contribution in [3.05, 3.63) is 65.4 Å². The average Bonchev–Trinajstić information content (AvgIpc) is 2.57. The first kappa shape index (κ1) is 14.9. The maximum Gasteiger partial charge on any atom is 0.248 e. The Kier molecular flexibility index (Phi) is 4.18. The van der Waals surface area contributed by atoms with Gasteiger partial charge in [-0.15, -0.1) is 0 Å². The van der Waals surface area contributed by atoms with Gasteiger partial charge in [-0.05, 0) is 24.3 Å². The summed E-state index contributed by atoms with van der Waals surface area (Å²) in [5.74, 6) is -1.63. The van der Waals surface area contributed by atoms with Crippen LogP contribution in [0.3, 0.4) is 0 Å². The molecule has 0 aliphatic rings. The number of carbonyl (C=O) groups excluding carboxylic acids is 1. The fourth-order valence-corrected chi connectivity index (χ4v) is 2.40. The van der Waals surface area contributed by atoms with Crippen LogP contribution in [0.1, 0.15) is 11.6 Å². The number of fused-ring (bicyclic) bond motifs is 1. The minimum Gasteiger partial charge on any atom is -0.325 e. The molecule has 3 rings (SSSR count). The molecule has 0 radical (unpaired) electrons. The Morgan fingerprint density at radius 3 is 2.30 bits per heavy atom. The van der Waals surface area contributed by atoms with Crippen LogP contribution in [0.15, 0.2) is 54.6 Å². The number of nitrogens with zero attached hydrogens (tertiary/aromatic N) is 3. The number of nitrogens with one attached hydrogen (secondary N) is 1. The van der Waals surface area contributed by atoms with Crippen molar-refractivity contribution >= 4 is 34.2 Å². The van der Waals surface area contributed by atoms with Gasteiger partial charge in [0.1, 0.15) is 5.69 Å². The largest absolute Gasteiger partial charge is 0.325 e. The van der Waals surface area contributed by atoms with E-state index in [4.69, 9.17) is 11.6 Å². The lowest BCUT2D eigenvalue weighted by molar-refractivity contribution is -0.116. The lowest BCUT2D eigenvalue weighted by Gasteiger charge is -2.11. The second-order valence-corrected chi connectivity index (χ2v) is 5.16. The smallest absolute Gasteiger partial charge is 0.248 e. The van der Waals surface area contributed by atoms with Gasteiger partial charge in [-0.3, -0.25) is 4.79 Å². The topological polar surface area (TPSA) is 78.7 Å². The van der Waals surface area contributed by atoms with Gasteiger partial charge in [-0.25, -0.2) is 9.97 Å². The highest BCUT2D eigenvalue weighted by Gasteiger charge is 2.25. The summed E-state index contributed by atoms with van der Waals surface area (Å²) in [6, 6.07) is 18.0. The number of para-hydroxylation sites is 3. The van der Waals surface area contributed by atoms with E-state index in [1.165, 1.54) is 0 Å². The number of benzene rings is 2. The van der Waals surface area contributed by atoms with E-state index in [0.717, 1.165) is 0 Å². The number of halogens is 1. The van der Waals surface area contributed by atoms with Crippen molar-refractivity contribution in [2.24, 2.45) is 0 Å². The van der Waals surface area contributed by atoms with E-state index in [1.807, 2.05) is 18.2 Å². The van der Waals surface area contributed by atoms with Crippen LogP contribution in [0.5, 0.6) is 0 Å². The number of nitriles is 1. The number of aromatic nitrogens is 2. The van der Waals surface area contributed by atoms with Crippen molar-refractivity contribution in [3.63, 3.8) is 0 Å². The van der Waals surface area contributed by atoms with E-state index in [-0.39, 0.29) is 10.8 Å². The SMILES string of the molecule is N#CC(C(=O)Nc1ccccc1)c1nc2ccccc2nc1Cl. The first-order chi connectivity index (χ1) is 11.2. The molecular weight excluding hydrogens is 312 g/mol. The first-order valence-corrected chi connectivity index (χ1v) is 7.24. The van der Waals surface area contributed by atoms with E-state index in [2.05, 4.69) is 15.3 Å². The first-order valence-electron chi connectivity index (χ1n) is 6.87. The Morgan fingerprint density at radius 1 is 1.04 bits per heavy atom. The molecule has 0 aliphatic carbocycles. The van der Waals surface area contributed by atoms with E-state index in [1.54, 1.807) is 42.5 Å². The zero-order chi connectivity index (χ0) is 16.2. The molecule has 6 heteroatoms. The molecular formula is C17H11ClN4O. The number of hydrogen-bond donors (Lipinski definition) is 1. The highest BCUT2D eigenvalue weighted by Crippen LogP contribution is 2.25. The molecule has 0 spiro atoms. The molecule has 1 unspecified atom stereocenters. The second kappa shape index (κ2) is 6.42. The van der Waals surface area contributed by atoms with Gasteiger partial charge in [0.05, 0.1) is 17.1 Å². The van der Waals surface area contributed by atoms with Gasteiger partial charge < -0.3 is 5.32 Å². The standard InChI is InChI=1S/C17H11ClN4O/c18-16-15(21-13-8-4-5-9-14(13)22-16)12(10-19)17(23)20-11-6-2-1-3-7-11/h1-9,12H,(H,20,23). The van der Waals surface area contributed by atoms with Crippen molar-refractivity contribution in [1.82, 2.24) is 9.97 Å². The van der Waals surface area contributed by atoms with Gasteiger partial charge in [0.15, 0.2) is 11.1 Å². The van der Waals surface area contributed by atoms with E-state index < -0.39 is 11.8 Å². The summed E-state index contributed by atoms with van der Waals surface area (Å²) < 4.78 is 0. The quantitative estimate of drug-likeness (QED) is 0.800. The summed E-state index contributed by atoms with van der Waals surface area (Å²) in [7, 11) is 0. The van der Waals surface area contributed by atoms with Gasteiger partial charge >= 0.3 is 0 Å². The lowest BCUT2D eigenvalue weighted by atomic mass is 10.1. The minimum atomic E-state index is -1.14. The van der Waals surface area contributed by atoms with Crippen molar-refractivity contribution in [1.29, 1.82) is 5.26 Å². The predicted octanol–water partition coefficient (Wildman–Crippen LogP) is 3.53. The zero-order valence-corrected chi connectivity index (χ0v) is 12.7. The number of anilines is 1. The maximum atomic E-state index is 12.4. The number of carbonyl (C=O) groups is 1. The van der Waals surface area contributed by atoms with Crippen LogP contribution < -0.4 is 5.32 Å². The van der Waals surface area contributed by atoms with Gasteiger partial charge in [0.2, 0.25) is 5.91 Å². The van der Waals surface area contributed by atoms with Gasteiger partial charge in [-0.1, -0.05) is 41.9 Å². The molecule has 2 aromatic carbocycles. The third-order valence-corrected chi connectivity index (χ3v) is 3.54. The van der Waals surface area contributed by atoms with Crippen LogP contribution in [-0.4, -0.2) is 15.9 Å². The van der Waals surface area contributed by atoms with E-state index in [0.29, 0.717) is 16.7 Å². The third-order valence-electron chi connectivity index (χ3n) is 3.26. The molecule has 1 aromatic heterocycles. The van der Waals surface area contributed by atoms with Crippen LogP contribution in [0.25, 0.3) is 11.0 Å². The summed E-state index contributed by atoms with van der Waals surface area (Å²) in [4.78, 5) is 20.9. The second-order valence-electron chi connectivity index (χ2n) is 4.81. The number of hydrogen-bond acceptors (Lipinski definition) is 4. The van der Waals surface area contributed by atoms with Crippen molar-refractivity contribution in [3.8, 4) is 6.07 Å². The molecule has 23 heavy (non-hydrogen) atoms. The Bertz CT molecular complexity index is 905. The fraction of sp³-hybridized carbons (Fsp3) is 0.0588. The van der Waals surface area contributed by atoms with Crippen molar-refractivity contribution in [2.75, 3.05) is 5.32 Å². The summed E-state index contributed by atoms with van der Waals surface area (Å²) >= 11 is 6.12. The molecule has 0 saturated carbocycles. The molecule has 1 atom stereocenters. The Balaban J connectivity index is 1.96. The Labute approximate surface area is 137 Å². The number of amides is 1. The highest BCUT2D eigenvalue weighted by atomic mass is 35.5. The van der Waals surface area contributed by atoms with Crippen LogP contribution in [0.4, 0.5) is 5.69 Å². The summed E-state index contributed by atoms with van der Waals surface area (Å²) in [6.45, 7) is 0. The fourth-order valence-electron chi connectivity index (χ4n) is 2.16.